The number of hydrogen-bond acceptors (Lipinski definition) is 5. The minimum atomic E-state index is -0.571. The van der Waals surface area contributed by atoms with Crippen LogP contribution >= 0.6 is 0 Å². The number of fused-ring (bicyclic) bond motifs is 1. The Balaban J connectivity index is 2.20. The Labute approximate surface area is 135 Å². The predicted octanol–water partition coefficient (Wildman–Crippen LogP) is 2.43. The fraction of sp³-hybridized carbons (Fsp3) is 0.133. The Morgan fingerprint density at radius 1 is 1.38 bits per heavy atom. The summed E-state index contributed by atoms with van der Waals surface area (Å²) in [7, 11) is 1.46. The van der Waals surface area contributed by atoms with Gasteiger partial charge in [0.05, 0.1) is 16.3 Å². The summed E-state index contributed by atoms with van der Waals surface area (Å²) in [5.74, 6) is -0.867. The third-order valence-electron chi connectivity index (χ3n) is 3.65. The van der Waals surface area contributed by atoms with Gasteiger partial charge in [0.25, 0.3) is 0 Å². The monoisotopic (exact) mass is 329 g/mol. The first kappa shape index (κ1) is 15.5. The SMILES string of the molecule is CC(=O)N(C)c1cc(-c2ccnc3c([N+](=O)[O-])cnn23)ccc1F. The van der Waals surface area contributed by atoms with E-state index in [1.165, 1.54) is 47.8 Å². The van der Waals surface area contributed by atoms with E-state index >= 15 is 0 Å². The summed E-state index contributed by atoms with van der Waals surface area (Å²) >= 11 is 0. The van der Waals surface area contributed by atoms with Gasteiger partial charge in [0.15, 0.2) is 0 Å². The minimum Gasteiger partial charge on any atom is -0.313 e. The number of carbonyl (C=O) groups is 1. The van der Waals surface area contributed by atoms with Crippen LogP contribution < -0.4 is 4.90 Å². The van der Waals surface area contributed by atoms with E-state index < -0.39 is 10.7 Å². The third-order valence-corrected chi connectivity index (χ3v) is 3.65. The van der Waals surface area contributed by atoms with Crippen LogP contribution in [0.2, 0.25) is 0 Å². The molecule has 0 aliphatic rings. The Bertz CT molecular complexity index is 969. The predicted molar refractivity (Wildman–Crippen MR) is 84.1 cm³/mol. The van der Waals surface area contributed by atoms with Gasteiger partial charge in [0.1, 0.15) is 12.0 Å². The first-order chi connectivity index (χ1) is 11.4. The van der Waals surface area contributed by atoms with E-state index in [-0.39, 0.29) is 22.9 Å². The van der Waals surface area contributed by atoms with Gasteiger partial charge in [-0.25, -0.2) is 13.9 Å². The van der Waals surface area contributed by atoms with Crippen molar-refractivity contribution in [3.8, 4) is 11.3 Å². The molecule has 0 fully saturated rings. The molecule has 0 atom stereocenters. The van der Waals surface area contributed by atoms with Crippen molar-refractivity contribution < 1.29 is 14.1 Å². The topological polar surface area (TPSA) is 93.6 Å². The number of benzene rings is 1. The van der Waals surface area contributed by atoms with Crippen LogP contribution in [0.1, 0.15) is 6.92 Å². The van der Waals surface area contributed by atoms with Crippen LogP contribution in [0.15, 0.2) is 36.7 Å². The maximum absolute atomic E-state index is 14.0. The van der Waals surface area contributed by atoms with Crippen LogP contribution in [0.3, 0.4) is 0 Å². The Kier molecular flexibility index (Phi) is 3.68. The number of nitro groups is 1. The van der Waals surface area contributed by atoms with E-state index in [0.717, 1.165) is 6.20 Å². The fourth-order valence-corrected chi connectivity index (χ4v) is 2.33. The number of hydrogen-bond donors (Lipinski definition) is 0. The highest BCUT2D eigenvalue weighted by atomic mass is 19.1. The Morgan fingerprint density at radius 2 is 2.12 bits per heavy atom. The highest BCUT2D eigenvalue weighted by Crippen LogP contribution is 2.28. The lowest BCUT2D eigenvalue weighted by molar-refractivity contribution is -0.383. The van der Waals surface area contributed by atoms with Gasteiger partial charge in [-0.1, -0.05) is 0 Å². The molecule has 3 aromatic rings. The molecule has 24 heavy (non-hydrogen) atoms. The second-order valence-electron chi connectivity index (χ2n) is 5.10. The maximum atomic E-state index is 14.0. The molecule has 0 saturated carbocycles. The number of anilines is 1. The zero-order valence-electron chi connectivity index (χ0n) is 12.8. The van der Waals surface area contributed by atoms with Gasteiger partial charge in [0, 0.05) is 25.7 Å². The summed E-state index contributed by atoms with van der Waals surface area (Å²) < 4.78 is 15.3. The van der Waals surface area contributed by atoms with Crippen molar-refractivity contribution in [2.75, 3.05) is 11.9 Å². The molecule has 0 bridgehead atoms. The minimum absolute atomic E-state index is 0.0864. The van der Waals surface area contributed by atoms with Gasteiger partial charge in [0.2, 0.25) is 11.6 Å². The summed E-state index contributed by atoms with van der Waals surface area (Å²) in [4.78, 5) is 27.1. The van der Waals surface area contributed by atoms with E-state index in [1.807, 2.05) is 0 Å². The molecule has 0 saturated heterocycles. The lowest BCUT2D eigenvalue weighted by atomic mass is 10.1. The normalized spacial score (nSPS) is 10.8. The zero-order chi connectivity index (χ0) is 17.4. The second kappa shape index (κ2) is 5.69. The van der Waals surface area contributed by atoms with Crippen LogP contribution in [-0.4, -0.2) is 32.5 Å². The van der Waals surface area contributed by atoms with Crippen LogP contribution in [0.4, 0.5) is 15.8 Å². The molecule has 0 radical (unpaired) electrons. The van der Waals surface area contributed by atoms with E-state index in [4.69, 9.17) is 0 Å². The highest BCUT2D eigenvalue weighted by Gasteiger charge is 2.19. The largest absolute Gasteiger partial charge is 0.333 e. The van der Waals surface area contributed by atoms with Gasteiger partial charge in [-0.05, 0) is 24.3 Å². The first-order valence-electron chi connectivity index (χ1n) is 6.91. The van der Waals surface area contributed by atoms with Crippen molar-refractivity contribution in [1.82, 2.24) is 14.6 Å². The summed E-state index contributed by atoms with van der Waals surface area (Å²) in [6.07, 6.45) is 2.52. The standard InChI is InChI=1S/C15H12FN5O3/c1-9(22)19(2)13-7-10(3-4-11(13)16)12-5-6-17-15-14(21(23)24)8-18-20(12)15/h3-8H,1-2H3. The molecular formula is C15H12FN5O3. The maximum Gasteiger partial charge on any atom is 0.333 e. The molecule has 0 aliphatic heterocycles. The van der Waals surface area contributed by atoms with Crippen molar-refractivity contribution in [2.24, 2.45) is 0 Å². The van der Waals surface area contributed by atoms with Crippen LogP contribution in [0.5, 0.6) is 0 Å². The molecule has 122 valence electrons. The number of halogens is 1. The molecular weight excluding hydrogens is 317 g/mol. The second-order valence-corrected chi connectivity index (χ2v) is 5.10. The average Bonchev–Trinajstić information content (AvgIpc) is 2.99. The molecule has 0 N–H and O–H groups in total. The molecule has 8 nitrogen and oxygen atoms in total. The van der Waals surface area contributed by atoms with Crippen LogP contribution in [0, 0.1) is 15.9 Å². The number of rotatable bonds is 3. The number of carbonyl (C=O) groups excluding carboxylic acids is 1. The van der Waals surface area contributed by atoms with Gasteiger partial charge in [-0.3, -0.25) is 14.9 Å². The zero-order valence-corrected chi connectivity index (χ0v) is 12.8. The van der Waals surface area contributed by atoms with Crippen molar-refractivity contribution in [2.45, 2.75) is 6.92 Å². The lowest BCUT2D eigenvalue weighted by Crippen LogP contribution is -2.23. The summed E-state index contributed by atoms with van der Waals surface area (Å²) in [5, 5.41) is 15.0. The Hall–Kier alpha value is -3.36. The van der Waals surface area contributed by atoms with Gasteiger partial charge in [-0.2, -0.15) is 5.10 Å². The Morgan fingerprint density at radius 3 is 2.79 bits per heavy atom. The lowest BCUT2D eigenvalue weighted by Gasteiger charge is -2.17. The van der Waals surface area contributed by atoms with Crippen molar-refractivity contribution >= 4 is 22.9 Å². The quantitative estimate of drug-likeness (QED) is 0.543. The molecule has 0 unspecified atom stereocenters. The van der Waals surface area contributed by atoms with E-state index in [9.17, 15) is 19.3 Å². The van der Waals surface area contributed by atoms with E-state index in [2.05, 4.69) is 10.1 Å². The molecule has 0 spiro atoms. The molecule has 9 heteroatoms. The highest BCUT2D eigenvalue weighted by molar-refractivity contribution is 5.91. The van der Waals surface area contributed by atoms with Crippen molar-refractivity contribution in [3.63, 3.8) is 0 Å². The molecule has 0 aliphatic carbocycles. The third kappa shape index (κ3) is 2.45. The number of aromatic nitrogens is 3. The molecule has 3 rings (SSSR count). The number of nitrogens with zero attached hydrogens (tertiary/aromatic N) is 5. The first-order valence-corrected chi connectivity index (χ1v) is 6.91. The van der Waals surface area contributed by atoms with Crippen LogP contribution in [0.25, 0.3) is 16.9 Å². The smallest absolute Gasteiger partial charge is 0.313 e. The molecule has 2 aromatic heterocycles. The van der Waals surface area contributed by atoms with Gasteiger partial charge >= 0.3 is 5.69 Å². The van der Waals surface area contributed by atoms with E-state index in [0.29, 0.717) is 11.3 Å². The van der Waals surface area contributed by atoms with Gasteiger partial charge < -0.3 is 4.90 Å². The van der Waals surface area contributed by atoms with Gasteiger partial charge in [-0.15, -0.1) is 0 Å². The fourth-order valence-electron chi connectivity index (χ4n) is 2.33. The molecule has 2 heterocycles. The van der Waals surface area contributed by atoms with Crippen molar-refractivity contribution in [1.29, 1.82) is 0 Å². The van der Waals surface area contributed by atoms with E-state index in [1.54, 1.807) is 6.07 Å². The summed E-state index contributed by atoms with van der Waals surface area (Å²) in [6.45, 7) is 1.33. The van der Waals surface area contributed by atoms with Crippen molar-refractivity contribution in [3.05, 3.63) is 52.6 Å². The average molecular weight is 329 g/mol. The summed E-state index contributed by atoms with van der Waals surface area (Å²) in [6, 6.07) is 5.83. The molecule has 1 aromatic carbocycles. The number of amides is 1. The molecule has 1 amide bonds. The summed E-state index contributed by atoms with van der Waals surface area (Å²) in [5.41, 5.74) is 1.01. The van der Waals surface area contributed by atoms with Crippen LogP contribution in [-0.2, 0) is 4.79 Å².